The lowest BCUT2D eigenvalue weighted by atomic mass is 10.1. The van der Waals surface area contributed by atoms with Crippen LogP contribution < -0.4 is 0 Å². The van der Waals surface area contributed by atoms with E-state index in [4.69, 9.17) is 14.6 Å². The SMILES string of the molecule is CCCCCCCC/C=C\CCCCCCCCOCCOCCCO. The first kappa shape index (κ1) is 25.6. The highest BCUT2D eigenvalue weighted by Crippen LogP contribution is 2.09. The number of allylic oxidation sites excluding steroid dienone is 2. The third kappa shape index (κ3) is 23.6. The number of unbranched alkanes of at least 4 members (excludes halogenated alkanes) is 12. The summed E-state index contributed by atoms with van der Waals surface area (Å²) >= 11 is 0. The molecule has 3 heteroatoms. The van der Waals surface area contributed by atoms with Gasteiger partial charge < -0.3 is 14.6 Å². The summed E-state index contributed by atoms with van der Waals surface area (Å²) in [5.74, 6) is 0. The smallest absolute Gasteiger partial charge is 0.0700 e. The second kappa shape index (κ2) is 24.6. The molecule has 1 N–H and O–H groups in total. The molecule has 0 amide bonds. The zero-order valence-corrected chi connectivity index (χ0v) is 17.6. The van der Waals surface area contributed by atoms with Crippen molar-refractivity contribution < 1.29 is 14.6 Å². The molecule has 156 valence electrons. The van der Waals surface area contributed by atoms with E-state index in [1.165, 1.54) is 83.5 Å². The van der Waals surface area contributed by atoms with Crippen LogP contribution in [0.2, 0.25) is 0 Å². The number of rotatable bonds is 22. The van der Waals surface area contributed by atoms with E-state index in [9.17, 15) is 0 Å². The number of hydrogen-bond acceptors (Lipinski definition) is 3. The van der Waals surface area contributed by atoms with Gasteiger partial charge in [-0.05, 0) is 38.5 Å². The van der Waals surface area contributed by atoms with E-state index in [2.05, 4.69) is 19.1 Å². The van der Waals surface area contributed by atoms with Crippen LogP contribution in [0.4, 0.5) is 0 Å². The van der Waals surface area contributed by atoms with Crippen LogP contribution in [0.25, 0.3) is 0 Å². The summed E-state index contributed by atoms with van der Waals surface area (Å²) in [6, 6.07) is 0. The summed E-state index contributed by atoms with van der Waals surface area (Å²) in [5.41, 5.74) is 0. The molecule has 26 heavy (non-hydrogen) atoms. The largest absolute Gasteiger partial charge is 0.396 e. The number of ether oxygens (including phenoxy) is 2. The molecule has 0 aromatic heterocycles. The summed E-state index contributed by atoms with van der Waals surface area (Å²) in [6.07, 6.45) is 24.2. The minimum Gasteiger partial charge on any atom is -0.396 e. The van der Waals surface area contributed by atoms with Crippen LogP contribution in [0.3, 0.4) is 0 Å². The first-order valence-corrected chi connectivity index (χ1v) is 11.3. The Bertz CT molecular complexity index is 266. The first-order chi connectivity index (χ1) is 12.9. The minimum absolute atomic E-state index is 0.205. The van der Waals surface area contributed by atoms with E-state index in [0.717, 1.165) is 19.4 Å². The van der Waals surface area contributed by atoms with Gasteiger partial charge in [0.15, 0.2) is 0 Å². The Morgan fingerprint density at radius 1 is 0.538 bits per heavy atom. The Balaban J connectivity index is 3.03. The van der Waals surface area contributed by atoms with Crippen LogP contribution >= 0.6 is 0 Å². The van der Waals surface area contributed by atoms with Crippen LogP contribution in [0, 0.1) is 0 Å². The Morgan fingerprint density at radius 2 is 1.00 bits per heavy atom. The van der Waals surface area contributed by atoms with Crippen LogP contribution in [0.5, 0.6) is 0 Å². The maximum atomic E-state index is 8.62. The molecule has 0 heterocycles. The van der Waals surface area contributed by atoms with Gasteiger partial charge >= 0.3 is 0 Å². The van der Waals surface area contributed by atoms with E-state index in [1.54, 1.807) is 0 Å². The van der Waals surface area contributed by atoms with Crippen LogP contribution in [0.15, 0.2) is 12.2 Å². The molecule has 0 aromatic rings. The van der Waals surface area contributed by atoms with E-state index < -0.39 is 0 Å². The Kier molecular flexibility index (Phi) is 24.3. The molecular formula is C23H46O3. The second-order valence-corrected chi connectivity index (χ2v) is 7.24. The number of aliphatic hydroxyl groups is 1. The molecule has 0 atom stereocenters. The van der Waals surface area contributed by atoms with Gasteiger partial charge in [0.25, 0.3) is 0 Å². The highest BCUT2D eigenvalue weighted by atomic mass is 16.5. The van der Waals surface area contributed by atoms with Crippen molar-refractivity contribution >= 4 is 0 Å². The molecule has 0 aliphatic carbocycles. The molecule has 0 aliphatic heterocycles. The first-order valence-electron chi connectivity index (χ1n) is 11.3. The predicted octanol–water partition coefficient (Wildman–Crippen LogP) is 6.44. The van der Waals surface area contributed by atoms with Crippen molar-refractivity contribution in [1.29, 1.82) is 0 Å². The van der Waals surface area contributed by atoms with Gasteiger partial charge in [0.05, 0.1) is 13.2 Å². The molecule has 3 nitrogen and oxygen atoms in total. The maximum absolute atomic E-state index is 8.62. The molecule has 0 unspecified atom stereocenters. The third-order valence-electron chi connectivity index (χ3n) is 4.62. The lowest BCUT2D eigenvalue weighted by Crippen LogP contribution is -2.06. The van der Waals surface area contributed by atoms with Crippen molar-refractivity contribution in [3.05, 3.63) is 12.2 Å². The summed E-state index contributed by atoms with van der Waals surface area (Å²) in [6.45, 7) is 5.29. The topological polar surface area (TPSA) is 38.7 Å². The average Bonchev–Trinajstić information content (AvgIpc) is 2.66. The lowest BCUT2D eigenvalue weighted by Gasteiger charge is -2.05. The molecule has 0 spiro atoms. The highest BCUT2D eigenvalue weighted by Gasteiger charge is 1.93. The molecule has 0 saturated heterocycles. The van der Waals surface area contributed by atoms with Gasteiger partial charge in [-0.2, -0.15) is 0 Å². The summed E-state index contributed by atoms with van der Waals surface area (Å²) < 4.78 is 10.9. The number of hydrogen-bond donors (Lipinski definition) is 1. The van der Waals surface area contributed by atoms with Crippen molar-refractivity contribution in [3.8, 4) is 0 Å². The molecule has 0 aromatic carbocycles. The molecule has 0 aliphatic rings. The van der Waals surface area contributed by atoms with Crippen LogP contribution in [0.1, 0.15) is 103 Å². The summed E-state index contributed by atoms with van der Waals surface area (Å²) in [7, 11) is 0. The Hall–Kier alpha value is -0.380. The van der Waals surface area contributed by atoms with Gasteiger partial charge in [-0.15, -0.1) is 0 Å². The minimum atomic E-state index is 0.205. The lowest BCUT2D eigenvalue weighted by molar-refractivity contribution is 0.0413. The van der Waals surface area contributed by atoms with Crippen molar-refractivity contribution in [2.45, 2.75) is 103 Å². The quantitative estimate of drug-likeness (QED) is 0.176. The van der Waals surface area contributed by atoms with Crippen LogP contribution in [-0.4, -0.2) is 38.1 Å². The van der Waals surface area contributed by atoms with Crippen LogP contribution in [-0.2, 0) is 9.47 Å². The Labute approximate surface area is 163 Å². The zero-order valence-electron chi connectivity index (χ0n) is 17.6. The van der Waals surface area contributed by atoms with Crippen molar-refractivity contribution in [2.75, 3.05) is 33.0 Å². The van der Waals surface area contributed by atoms with Gasteiger partial charge in [0.2, 0.25) is 0 Å². The van der Waals surface area contributed by atoms with Gasteiger partial charge in [-0.25, -0.2) is 0 Å². The summed E-state index contributed by atoms with van der Waals surface area (Å²) in [5, 5.41) is 8.62. The average molecular weight is 371 g/mol. The molecule has 0 fully saturated rings. The Morgan fingerprint density at radius 3 is 1.54 bits per heavy atom. The predicted molar refractivity (Wildman–Crippen MR) is 113 cm³/mol. The third-order valence-corrected chi connectivity index (χ3v) is 4.62. The highest BCUT2D eigenvalue weighted by molar-refractivity contribution is 4.81. The van der Waals surface area contributed by atoms with Gasteiger partial charge in [-0.1, -0.05) is 76.9 Å². The van der Waals surface area contributed by atoms with E-state index >= 15 is 0 Å². The van der Waals surface area contributed by atoms with Crippen molar-refractivity contribution in [1.82, 2.24) is 0 Å². The second-order valence-electron chi connectivity index (χ2n) is 7.24. The fraction of sp³-hybridized carbons (Fsp3) is 0.913. The van der Waals surface area contributed by atoms with Gasteiger partial charge in [0, 0.05) is 19.8 Å². The fourth-order valence-electron chi connectivity index (χ4n) is 2.94. The van der Waals surface area contributed by atoms with Crippen molar-refractivity contribution in [3.63, 3.8) is 0 Å². The van der Waals surface area contributed by atoms with Gasteiger partial charge in [-0.3, -0.25) is 0 Å². The van der Waals surface area contributed by atoms with Crippen molar-refractivity contribution in [2.24, 2.45) is 0 Å². The summed E-state index contributed by atoms with van der Waals surface area (Å²) in [4.78, 5) is 0. The maximum Gasteiger partial charge on any atom is 0.0700 e. The standard InChI is InChI=1S/C23H46O3/c1-2-3-4-5-6-7-8-9-10-11-12-13-14-15-16-17-20-25-22-23-26-21-18-19-24/h9-10,24H,2-8,11-23H2,1H3/b10-9-. The molecular weight excluding hydrogens is 324 g/mol. The molecule has 0 rings (SSSR count). The zero-order chi connectivity index (χ0) is 19.0. The monoisotopic (exact) mass is 370 g/mol. The molecule has 0 bridgehead atoms. The number of aliphatic hydroxyl groups excluding tert-OH is 1. The molecule has 0 saturated carbocycles. The van der Waals surface area contributed by atoms with E-state index in [0.29, 0.717) is 19.8 Å². The van der Waals surface area contributed by atoms with E-state index in [1.807, 2.05) is 0 Å². The fourth-order valence-corrected chi connectivity index (χ4v) is 2.94. The van der Waals surface area contributed by atoms with Gasteiger partial charge in [0.1, 0.15) is 0 Å². The molecule has 0 radical (unpaired) electrons. The van der Waals surface area contributed by atoms with E-state index in [-0.39, 0.29) is 6.61 Å². The normalized spacial score (nSPS) is 11.6.